The van der Waals surface area contributed by atoms with Crippen LogP contribution in [0.2, 0.25) is 0 Å². The maximum Gasteiger partial charge on any atom is 0.0727 e. The van der Waals surface area contributed by atoms with Gasteiger partial charge in [-0.3, -0.25) is 4.21 Å². The molecule has 0 spiro atoms. The van der Waals surface area contributed by atoms with Crippen molar-refractivity contribution in [2.24, 2.45) is 0 Å². The fraction of sp³-hybridized carbons (Fsp3) is 0.125. The van der Waals surface area contributed by atoms with Gasteiger partial charge in [0.2, 0.25) is 0 Å². The number of rotatable bonds is 2. The Morgan fingerprint density at radius 3 is 2.31 bits per heavy atom. The minimum atomic E-state index is -1.29. The molecule has 0 radical (unpaired) electrons. The van der Waals surface area contributed by atoms with Gasteiger partial charge in [0.1, 0.15) is 0 Å². The summed E-state index contributed by atoms with van der Waals surface area (Å²) < 4.78 is 11.0. The number of carboxylic acids is 1. The van der Waals surface area contributed by atoms with Gasteiger partial charge in [0.25, 0.3) is 0 Å². The summed E-state index contributed by atoms with van der Waals surface area (Å²) in [7, 11) is -1.28. The molecule has 0 amide bonds. The number of carbonyl (C=O) groups excluding carboxylic acids is 1. The molecule has 0 saturated carbocycles. The van der Waals surface area contributed by atoms with Gasteiger partial charge >= 0.3 is 0 Å². The summed E-state index contributed by atoms with van der Waals surface area (Å²) in [5.74, 6) is -1.29. The van der Waals surface area contributed by atoms with Crippen LogP contribution in [-0.2, 0) is 10.8 Å². The third-order valence-corrected chi connectivity index (χ3v) is 2.39. The third-order valence-electron chi connectivity index (χ3n) is 1.42. The van der Waals surface area contributed by atoms with Crippen LogP contribution in [0, 0.1) is 0 Å². The van der Waals surface area contributed by atoms with E-state index in [4.69, 9.17) is 0 Å². The first-order valence-corrected chi connectivity index (χ1v) is 4.82. The molecule has 0 aliphatic rings. The third kappa shape index (κ3) is 2.82. The Kier molecular flexibility index (Phi) is 4.66. The van der Waals surface area contributed by atoms with Gasteiger partial charge in [0, 0.05) is 16.7 Å². The highest BCUT2D eigenvalue weighted by molar-refractivity contribution is 7.84. The molecule has 0 N–H and O–H groups in total. The molecule has 0 aromatic heterocycles. The fourth-order valence-corrected chi connectivity index (χ4v) is 1.62. The fourth-order valence-electron chi connectivity index (χ4n) is 0.886. The number of carbonyl (C=O) groups is 1. The van der Waals surface area contributed by atoms with Crippen LogP contribution in [0.5, 0.6) is 0 Å². The summed E-state index contributed by atoms with van der Waals surface area (Å²) >= 11 is 0. The van der Waals surface area contributed by atoms with E-state index in [9.17, 15) is 14.1 Å². The van der Waals surface area contributed by atoms with Crippen LogP contribution < -0.4 is 5.11 Å². The van der Waals surface area contributed by atoms with Crippen molar-refractivity contribution in [3.63, 3.8) is 0 Å². The normalized spacial score (nSPS) is 11.5. The highest BCUT2D eigenvalue weighted by Gasteiger charge is 2.04. The first kappa shape index (κ1) is 12.1. The van der Waals surface area contributed by atoms with E-state index in [0.29, 0.717) is 4.90 Å². The van der Waals surface area contributed by atoms with E-state index in [1.165, 1.54) is 18.4 Å². The van der Waals surface area contributed by atoms with Gasteiger partial charge in [-0.15, -0.1) is 12.4 Å². The molecule has 1 aromatic rings. The van der Waals surface area contributed by atoms with Crippen molar-refractivity contribution >= 4 is 29.2 Å². The second-order valence-corrected chi connectivity index (χ2v) is 3.59. The van der Waals surface area contributed by atoms with E-state index in [-0.39, 0.29) is 18.0 Å². The Morgan fingerprint density at radius 2 is 1.92 bits per heavy atom. The van der Waals surface area contributed by atoms with Crippen LogP contribution in [0.15, 0.2) is 29.2 Å². The molecule has 0 heterocycles. The molecular formula is C8H8ClO3S-. The monoisotopic (exact) mass is 219 g/mol. The SMILES string of the molecule is CS(=O)c1ccccc1C(=O)[O-].Cl. The molecule has 1 atom stereocenters. The Hall–Kier alpha value is -0.870. The first-order valence-electron chi connectivity index (χ1n) is 3.26. The van der Waals surface area contributed by atoms with Gasteiger partial charge in [0.15, 0.2) is 0 Å². The number of hydrogen-bond acceptors (Lipinski definition) is 3. The lowest BCUT2D eigenvalue weighted by Crippen LogP contribution is -2.23. The van der Waals surface area contributed by atoms with Crippen molar-refractivity contribution in [2.75, 3.05) is 6.26 Å². The van der Waals surface area contributed by atoms with Crippen molar-refractivity contribution in [1.29, 1.82) is 0 Å². The van der Waals surface area contributed by atoms with E-state index in [1.807, 2.05) is 0 Å². The van der Waals surface area contributed by atoms with Gasteiger partial charge in [-0.2, -0.15) is 0 Å². The predicted octanol–water partition coefficient (Wildman–Crippen LogP) is 0.209. The number of aromatic carboxylic acids is 1. The Labute approximate surface area is 84.6 Å². The Morgan fingerprint density at radius 1 is 1.38 bits per heavy atom. The van der Waals surface area contributed by atoms with Crippen LogP contribution in [0.3, 0.4) is 0 Å². The molecule has 0 aliphatic heterocycles. The summed E-state index contributed by atoms with van der Waals surface area (Å²) in [5.41, 5.74) is -0.00154. The average molecular weight is 220 g/mol. The molecule has 1 unspecified atom stereocenters. The first-order chi connectivity index (χ1) is 5.63. The van der Waals surface area contributed by atoms with Gasteiger partial charge in [0.05, 0.1) is 16.8 Å². The zero-order chi connectivity index (χ0) is 9.14. The van der Waals surface area contributed by atoms with E-state index >= 15 is 0 Å². The van der Waals surface area contributed by atoms with Crippen LogP contribution in [-0.4, -0.2) is 16.4 Å². The van der Waals surface area contributed by atoms with Crippen molar-refractivity contribution in [2.45, 2.75) is 4.90 Å². The predicted molar refractivity (Wildman–Crippen MR) is 50.4 cm³/mol. The quantitative estimate of drug-likeness (QED) is 0.715. The molecule has 1 rings (SSSR count). The van der Waals surface area contributed by atoms with Crippen molar-refractivity contribution in [3.05, 3.63) is 29.8 Å². The van der Waals surface area contributed by atoms with Crippen LogP contribution in [0.25, 0.3) is 0 Å². The minimum absolute atomic E-state index is 0. The highest BCUT2D eigenvalue weighted by atomic mass is 35.5. The maximum atomic E-state index is 11.0. The van der Waals surface area contributed by atoms with Gasteiger partial charge < -0.3 is 9.90 Å². The molecule has 72 valence electrons. The lowest BCUT2D eigenvalue weighted by molar-refractivity contribution is -0.255. The molecule has 0 aliphatic carbocycles. The van der Waals surface area contributed by atoms with Crippen molar-refractivity contribution in [3.8, 4) is 0 Å². The van der Waals surface area contributed by atoms with E-state index in [0.717, 1.165) is 0 Å². The number of carboxylic acid groups (broad SMARTS) is 1. The molecule has 3 nitrogen and oxygen atoms in total. The van der Waals surface area contributed by atoms with E-state index < -0.39 is 16.8 Å². The second-order valence-electron chi connectivity index (χ2n) is 2.24. The summed E-state index contributed by atoms with van der Waals surface area (Å²) in [6, 6.07) is 6.11. The van der Waals surface area contributed by atoms with Crippen LogP contribution >= 0.6 is 12.4 Å². The summed E-state index contributed by atoms with van der Waals surface area (Å²) in [6.45, 7) is 0. The lowest BCUT2D eigenvalue weighted by Gasteiger charge is -2.06. The molecule has 5 heteroatoms. The standard InChI is InChI=1S/C8H8O3S.ClH/c1-12(11)7-5-3-2-4-6(7)8(9)10;/h2-5H,1H3,(H,9,10);1H/p-1. The molecule has 0 fully saturated rings. The van der Waals surface area contributed by atoms with E-state index in [1.54, 1.807) is 12.1 Å². The number of benzene rings is 1. The molecule has 0 saturated heterocycles. The summed E-state index contributed by atoms with van der Waals surface area (Å²) in [4.78, 5) is 10.8. The molecule has 13 heavy (non-hydrogen) atoms. The van der Waals surface area contributed by atoms with E-state index in [2.05, 4.69) is 0 Å². The van der Waals surface area contributed by atoms with Crippen LogP contribution in [0.4, 0.5) is 0 Å². The largest absolute Gasteiger partial charge is 0.545 e. The van der Waals surface area contributed by atoms with Gasteiger partial charge in [-0.1, -0.05) is 18.2 Å². The smallest absolute Gasteiger partial charge is 0.0727 e. The van der Waals surface area contributed by atoms with Gasteiger partial charge in [-0.05, 0) is 6.07 Å². The van der Waals surface area contributed by atoms with Gasteiger partial charge in [-0.25, -0.2) is 0 Å². The summed E-state index contributed by atoms with van der Waals surface area (Å²) in [5, 5.41) is 10.5. The van der Waals surface area contributed by atoms with Crippen molar-refractivity contribution < 1.29 is 14.1 Å². The maximum absolute atomic E-state index is 11.0. The zero-order valence-electron chi connectivity index (χ0n) is 6.85. The Bertz CT molecular complexity index is 305. The lowest BCUT2D eigenvalue weighted by atomic mass is 10.2. The Balaban J connectivity index is 0.00000144. The van der Waals surface area contributed by atoms with Crippen molar-refractivity contribution in [1.82, 2.24) is 0 Å². The second kappa shape index (κ2) is 4.99. The number of hydrogen-bond donors (Lipinski definition) is 0. The molecule has 0 bridgehead atoms. The number of halogens is 1. The highest BCUT2D eigenvalue weighted by Crippen LogP contribution is 2.10. The topological polar surface area (TPSA) is 57.2 Å². The molecule has 1 aromatic carbocycles. The minimum Gasteiger partial charge on any atom is -0.545 e. The van der Waals surface area contributed by atoms with Crippen LogP contribution in [0.1, 0.15) is 10.4 Å². The summed E-state index contributed by atoms with van der Waals surface area (Å²) in [6.07, 6.45) is 1.43. The molecular weight excluding hydrogens is 212 g/mol. The average Bonchev–Trinajstić information content (AvgIpc) is 2.04. The zero-order valence-corrected chi connectivity index (χ0v) is 8.48.